The molecule has 1 aromatic heterocycles. The summed E-state index contributed by atoms with van der Waals surface area (Å²) in [6, 6.07) is 24.8. The highest BCUT2D eigenvalue weighted by molar-refractivity contribution is 7.15. The second kappa shape index (κ2) is 10.1. The molecule has 1 heterocycles. The molecule has 0 bridgehead atoms. The van der Waals surface area contributed by atoms with Gasteiger partial charge in [0.1, 0.15) is 16.3 Å². The van der Waals surface area contributed by atoms with Gasteiger partial charge in [-0.3, -0.25) is 4.79 Å². The summed E-state index contributed by atoms with van der Waals surface area (Å²) >= 11 is 1.29. The molecule has 3 aromatic carbocycles. The van der Waals surface area contributed by atoms with Crippen molar-refractivity contribution in [3.63, 3.8) is 0 Å². The number of hydrogen-bond donors (Lipinski definition) is 1. The first-order valence-electron chi connectivity index (χ1n) is 10.5. The number of benzene rings is 3. The number of hydrogen-bond acceptors (Lipinski definition) is 5. The Morgan fingerprint density at radius 1 is 0.848 bits per heavy atom. The van der Waals surface area contributed by atoms with Gasteiger partial charge < -0.3 is 14.8 Å². The lowest BCUT2D eigenvalue weighted by molar-refractivity contribution is 0.0603. The van der Waals surface area contributed by atoms with Gasteiger partial charge in [-0.05, 0) is 47.9 Å². The zero-order chi connectivity index (χ0) is 23.2. The van der Waals surface area contributed by atoms with Gasteiger partial charge in [-0.15, -0.1) is 11.3 Å². The maximum Gasteiger partial charge on any atom is 0.341 e. The quantitative estimate of drug-likeness (QED) is 0.321. The first kappa shape index (κ1) is 22.3. The predicted octanol–water partition coefficient (Wildman–Crippen LogP) is 6.52. The molecule has 4 rings (SSSR count). The van der Waals surface area contributed by atoms with E-state index in [2.05, 4.69) is 5.32 Å². The van der Waals surface area contributed by atoms with Crippen LogP contribution in [-0.4, -0.2) is 25.6 Å². The molecule has 5 nitrogen and oxygen atoms in total. The van der Waals surface area contributed by atoms with Gasteiger partial charge in [0.25, 0.3) is 5.91 Å². The molecule has 33 heavy (non-hydrogen) atoms. The molecule has 6 heteroatoms. The Bertz CT molecular complexity index is 1250. The summed E-state index contributed by atoms with van der Waals surface area (Å²) < 4.78 is 10.5. The highest BCUT2D eigenvalue weighted by Gasteiger charge is 2.22. The fourth-order valence-corrected chi connectivity index (χ4v) is 4.44. The normalized spacial score (nSPS) is 10.5. The number of ether oxygens (including phenoxy) is 2. The van der Waals surface area contributed by atoms with Gasteiger partial charge in [0.15, 0.2) is 0 Å². The molecule has 0 radical (unpaired) electrons. The number of rotatable bonds is 7. The van der Waals surface area contributed by atoms with E-state index in [4.69, 9.17) is 9.47 Å². The molecular weight excluding hydrogens is 434 g/mol. The van der Waals surface area contributed by atoms with Gasteiger partial charge in [0.05, 0.1) is 13.7 Å². The summed E-state index contributed by atoms with van der Waals surface area (Å²) in [6.07, 6.45) is 0. The van der Waals surface area contributed by atoms with Crippen LogP contribution in [0.15, 0.2) is 84.2 Å². The predicted molar refractivity (Wildman–Crippen MR) is 132 cm³/mol. The second-order valence-electron chi connectivity index (χ2n) is 7.20. The third kappa shape index (κ3) is 4.96. The standard InChI is InChI=1S/C27H23NO4S/c1-3-32-22-15-13-20(14-16-22)23-17-33-26(24(23)27(30)31-2)28-25(29)21-11-9-19(10-12-21)18-7-5-4-6-8-18/h4-17H,3H2,1-2H3,(H,28,29). The molecule has 0 fully saturated rings. The Labute approximate surface area is 196 Å². The van der Waals surface area contributed by atoms with Gasteiger partial charge in [-0.1, -0.05) is 54.6 Å². The van der Waals surface area contributed by atoms with Crippen molar-refractivity contribution in [1.82, 2.24) is 0 Å². The number of carbonyl (C=O) groups excluding carboxylic acids is 2. The fourth-order valence-electron chi connectivity index (χ4n) is 3.48. The molecule has 166 valence electrons. The first-order valence-corrected chi connectivity index (χ1v) is 11.4. The lowest BCUT2D eigenvalue weighted by atomic mass is 10.0. The summed E-state index contributed by atoms with van der Waals surface area (Å²) in [5, 5.41) is 5.17. The van der Waals surface area contributed by atoms with Gasteiger partial charge in [0, 0.05) is 16.5 Å². The van der Waals surface area contributed by atoms with Gasteiger partial charge in [0.2, 0.25) is 0 Å². The minimum absolute atomic E-state index is 0.292. The molecule has 0 aliphatic carbocycles. The van der Waals surface area contributed by atoms with Crippen molar-refractivity contribution in [3.05, 3.63) is 95.4 Å². The average Bonchev–Trinajstić information content (AvgIpc) is 3.28. The maximum absolute atomic E-state index is 12.9. The van der Waals surface area contributed by atoms with E-state index in [1.54, 1.807) is 12.1 Å². The molecule has 0 atom stereocenters. The largest absolute Gasteiger partial charge is 0.494 e. The van der Waals surface area contributed by atoms with E-state index < -0.39 is 5.97 Å². The number of carbonyl (C=O) groups is 2. The van der Waals surface area contributed by atoms with Crippen molar-refractivity contribution >= 4 is 28.2 Å². The van der Waals surface area contributed by atoms with Crippen LogP contribution >= 0.6 is 11.3 Å². The third-order valence-electron chi connectivity index (χ3n) is 5.14. The molecule has 0 spiro atoms. The van der Waals surface area contributed by atoms with Crippen molar-refractivity contribution in [1.29, 1.82) is 0 Å². The average molecular weight is 458 g/mol. The van der Waals surface area contributed by atoms with Crippen LogP contribution in [0.3, 0.4) is 0 Å². The van der Waals surface area contributed by atoms with E-state index in [0.717, 1.165) is 22.4 Å². The Kier molecular flexibility index (Phi) is 6.86. The molecule has 1 amide bonds. The smallest absolute Gasteiger partial charge is 0.341 e. The van der Waals surface area contributed by atoms with E-state index in [1.165, 1.54) is 18.4 Å². The minimum Gasteiger partial charge on any atom is -0.494 e. The number of methoxy groups -OCH3 is 1. The van der Waals surface area contributed by atoms with Crippen LogP contribution in [0.5, 0.6) is 5.75 Å². The van der Waals surface area contributed by atoms with Crippen LogP contribution in [0.2, 0.25) is 0 Å². The van der Waals surface area contributed by atoms with Gasteiger partial charge >= 0.3 is 5.97 Å². The van der Waals surface area contributed by atoms with E-state index >= 15 is 0 Å². The van der Waals surface area contributed by atoms with Gasteiger partial charge in [-0.25, -0.2) is 4.79 Å². The number of esters is 1. The number of thiophene rings is 1. The molecule has 0 saturated carbocycles. The Hall–Kier alpha value is -3.90. The summed E-state index contributed by atoms with van der Waals surface area (Å²) in [5.41, 5.74) is 4.47. The van der Waals surface area contributed by atoms with Crippen molar-refractivity contribution in [2.75, 3.05) is 19.0 Å². The monoisotopic (exact) mass is 457 g/mol. The van der Waals surface area contributed by atoms with E-state index in [-0.39, 0.29) is 5.91 Å². The Balaban J connectivity index is 1.58. The molecule has 0 unspecified atom stereocenters. The fraction of sp³-hybridized carbons (Fsp3) is 0.111. The van der Waals surface area contributed by atoms with Crippen molar-refractivity contribution in [3.8, 4) is 28.0 Å². The van der Waals surface area contributed by atoms with Crippen LogP contribution in [0.25, 0.3) is 22.3 Å². The van der Waals surface area contributed by atoms with Gasteiger partial charge in [-0.2, -0.15) is 0 Å². The van der Waals surface area contributed by atoms with Crippen molar-refractivity contribution in [2.24, 2.45) is 0 Å². The topological polar surface area (TPSA) is 64.6 Å². The molecular formula is C27H23NO4S. The maximum atomic E-state index is 12.9. The summed E-state index contributed by atoms with van der Waals surface area (Å²) in [5.74, 6) is -0.0432. The number of nitrogens with one attached hydrogen (secondary N) is 1. The van der Waals surface area contributed by atoms with Crippen LogP contribution in [0, 0.1) is 0 Å². The SMILES string of the molecule is CCOc1ccc(-c2csc(NC(=O)c3ccc(-c4ccccc4)cc3)c2C(=O)OC)cc1. The molecule has 1 N–H and O–H groups in total. The molecule has 0 saturated heterocycles. The Morgan fingerprint density at radius 3 is 2.12 bits per heavy atom. The highest BCUT2D eigenvalue weighted by Crippen LogP contribution is 2.37. The number of amides is 1. The van der Waals surface area contributed by atoms with Crippen LogP contribution < -0.4 is 10.1 Å². The summed E-state index contributed by atoms with van der Waals surface area (Å²) in [7, 11) is 1.33. The highest BCUT2D eigenvalue weighted by atomic mass is 32.1. The zero-order valence-electron chi connectivity index (χ0n) is 18.3. The lowest BCUT2D eigenvalue weighted by Gasteiger charge is -2.09. The van der Waals surface area contributed by atoms with E-state index in [0.29, 0.717) is 28.3 Å². The minimum atomic E-state index is -0.505. The summed E-state index contributed by atoms with van der Waals surface area (Å²) in [6.45, 7) is 2.50. The lowest BCUT2D eigenvalue weighted by Crippen LogP contribution is -2.14. The zero-order valence-corrected chi connectivity index (χ0v) is 19.1. The third-order valence-corrected chi connectivity index (χ3v) is 6.03. The molecule has 0 aliphatic rings. The van der Waals surface area contributed by atoms with E-state index in [9.17, 15) is 9.59 Å². The van der Waals surface area contributed by atoms with Crippen molar-refractivity contribution < 1.29 is 19.1 Å². The summed E-state index contributed by atoms with van der Waals surface area (Å²) in [4.78, 5) is 25.5. The van der Waals surface area contributed by atoms with Crippen molar-refractivity contribution in [2.45, 2.75) is 6.92 Å². The Morgan fingerprint density at radius 2 is 1.48 bits per heavy atom. The van der Waals surface area contributed by atoms with Crippen LogP contribution in [-0.2, 0) is 4.74 Å². The molecule has 4 aromatic rings. The van der Waals surface area contributed by atoms with Crippen LogP contribution in [0.4, 0.5) is 5.00 Å². The van der Waals surface area contributed by atoms with E-state index in [1.807, 2.05) is 79.0 Å². The first-order chi connectivity index (χ1) is 16.1. The second-order valence-corrected chi connectivity index (χ2v) is 8.08. The van der Waals surface area contributed by atoms with Crippen LogP contribution in [0.1, 0.15) is 27.6 Å². The number of anilines is 1. The molecule has 0 aliphatic heterocycles.